The van der Waals surface area contributed by atoms with Crippen molar-refractivity contribution in [3.05, 3.63) is 11.6 Å². The number of allylic oxidation sites excluding steroid dienone is 2. The van der Waals surface area contributed by atoms with E-state index in [9.17, 15) is 9.59 Å². The summed E-state index contributed by atoms with van der Waals surface area (Å²) in [5.41, 5.74) is 2.82. The van der Waals surface area contributed by atoms with Gasteiger partial charge in [0.15, 0.2) is 0 Å². The van der Waals surface area contributed by atoms with E-state index in [0.717, 1.165) is 31.6 Å². The molecule has 32 heavy (non-hydrogen) atoms. The number of hydrogen-bond acceptors (Lipinski definition) is 2. The molecule has 0 aromatic heterocycles. The van der Waals surface area contributed by atoms with Crippen molar-refractivity contribution in [2.75, 3.05) is 0 Å². The number of rotatable bonds is 5. The Labute approximate surface area is 196 Å². The predicted octanol–water partition coefficient (Wildman–Crippen LogP) is 7.56. The van der Waals surface area contributed by atoms with E-state index in [1.54, 1.807) is 0 Å². The van der Waals surface area contributed by atoms with Crippen molar-refractivity contribution in [3.8, 4) is 0 Å². The molecule has 5 saturated carbocycles. The van der Waals surface area contributed by atoms with E-state index in [0.29, 0.717) is 33.9 Å². The maximum Gasteiger partial charge on any atom is 0.138 e. The van der Waals surface area contributed by atoms with Crippen LogP contribution < -0.4 is 0 Å². The minimum Gasteiger partial charge on any atom is -0.303 e. The molecule has 2 spiro atoms. The number of ketones is 1. The van der Waals surface area contributed by atoms with Crippen LogP contribution in [-0.4, -0.2) is 12.1 Å². The lowest BCUT2D eigenvalue weighted by Crippen LogP contribution is -2.57. The predicted molar refractivity (Wildman–Crippen MR) is 130 cm³/mol. The summed E-state index contributed by atoms with van der Waals surface area (Å²) in [4.78, 5) is 25.1. The van der Waals surface area contributed by atoms with Gasteiger partial charge in [0.05, 0.1) is 0 Å². The zero-order valence-electron chi connectivity index (χ0n) is 21.6. The van der Waals surface area contributed by atoms with Gasteiger partial charge in [-0.15, -0.1) is 0 Å². The standard InChI is InChI=1S/C30H46O2/c1-20(2)8-7-9-21(18-31)22-12-14-28(6)24-11-10-23-26(3,4)25(32)13-15-29(23)19-30(24,29)17-16-27(22,28)5/h8,18,21-24H,7,9-17,19H2,1-6H3/t21-,22+,23+,24-,27+,28-,29+,30-/m0/s1. The van der Waals surface area contributed by atoms with Gasteiger partial charge in [-0.05, 0) is 117 Å². The minimum atomic E-state index is -0.125. The third-order valence-corrected chi connectivity index (χ3v) is 12.7. The van der Waals surface area contributed by atoms with E-state index in [1.165, 1.54) is 56.8 Å². The first kappa shape index (κ1) is 22.9. The fourth-order valence-corrected chi connectivity index (χ4v) is 10.8. The molecule has 0 heterocycles. The van der Waals surface area contributed by atoms with Crippen LogP contribution in [0.4, 0.5) is 0 Å². The van der Waals surface area contributed by atoms with Crippen molar-refractivity contribution in [1.82, 2.24) is 0 Å². The third kappa shape index (κ3) is 2.65. The van der Waals surface area contributed by atoms with Gasteiger partial charge >= 0.3 is 0 Å². The number of Topliss-reactive ketones (excluding diaryl/α,β-unsaturated/α-hetero) is 1. The quantitative estimate of drug-likeness (QED) is 0.328. The lowest BCUT2D eigenvalue weighted by Gasteiger charge is -2.62. The van der Waals surface area contributed by atoms with Crippen LogP contribution in [0.25, 0.3) is 0 Å². The molecular weight excluding hydrogens is 392 g/mol. The molecule has 2 heteroatoms. The molecular formula is C30H46O2. The van der Waals surface area contributed by atoms with E-state index >= 15 is 0 Å². The molecule has 5 fully saturated rings. The van der Waals surface area contributed by atoms with Crippen LogP contribution >= 0.6 is 0 Å². The molecule has 178 valence electrons. The minimum absolute atomic E-state index is 0.125. The molecule has 5 rings (SSSR count). The molecule has 0 unspecified atom stereocenters. The number of carbonyl (C=O) groups excluding carboxylic acids is 2. The summed E-state index contributed by atoms with van der Waals surface area (Å²) in [5, 5.41) is 0. The van der Waals surface area contributed by atoms with Gasteiger partial charge in [-0.3, -0.25) is 4.79 Å². The summed E-state index contributed by atoms with van der Waals surface area (Å²) < 4.78 is 0. The normalized spacial score (nSPS) is 49.2. The third-order valence-electron chi connectivity index (χ3n) is 12.7. The van der Waals surface area contributed by atoms with Crippen molar-refractivity contribution in [1.29, 1.82) is 0 Å². The van der Waals surface area contributed by atoms with Crippen molar-refractivity contribution in [2.24, 2.45) is 50.7 Å². The van der Waals surface area contributed by atoms with E-state index < -0.39 is 0 Å². The molecule has 0 amide bonds. The van der Waals surface area contributed by atoms with Crippen LogP contribution in [-0.2, 0) is 9.59 Å². The van der Waals surface area contributed by atoms with Gasteiger partial charge in [-0.2, -0.15) is 0 Å². The highest BCUT2D eigenvalue weighted by Gasteiger charge is 2.82. The molecule has 0 saturated heterocycles. The molecule has 0 aliphatic heterocycles. The number of aldehydes is 1. The second-order valence-electron chi connectivity index (χ2n) is 14.0. The monoisotopic (exact) mass is 438 g/mol. The van der Waals surface area contributed by atoms with Gasteiger partial charge in [0, 0.05) is 17.8 Å². The highest BCUT2D eigenvalue weighted by molar-refractivity contribution is 5.86. The van der Waals surface area contributed by atoms with Crippen LogP contribution in [0.3, 0.4) is 0 Å². The number of fused-ring (bicyclic) bond motifs is 2. The molecule has 5 aliphatic carbocycles. The Hall–Kier alpha value is -0.920. The zero-order chi connectivity index (χ0) is 23.2. The van der Waals surface area contributed by atoms with E-state index in [-0.39, 0.29) is 16.7 Å². The Morgan fingerprint density at radius 2 is 1.62 bits per heavy atom. The van der Waals surface area contributed by atoms with Crippen LogP contribution in [0.2, 0.25) is 0 Å². The van der Waals surface area contributed by atoms with E-state index in [2.05, 4.69) is 47.6 Å². The fourth-order valence-electron chi connectivity index (χ4n) is 10.8. The summed E-state index contributed by atoms with van der Waals surface area (Å²) in [6, 6.07) is 0. The Balaban J connectivity index is 1.43. The molecule has 5 aliphatic rings. The molecule has 0 N–H and O–H groups in total. The molecule has 0 bridgehead atoms. The summed E-state index contributed by atoms with van der Waals surface area (Å²) in [5.74, 6) is 2.67. The Kier molecular flexibility index (Phi) is 5.03. The number of hydrogen-bond donors (Lipinski definition) is 0. The lowest BCUT2D eigenvalue weighted by atomic mass is 9.42. The van der Waals surface area contributed by atoms with Crippen LogP contribution in [0, 0.1) is 50.7 Å². The zero-order valence-corrected chi connectivity index (χ0v) is 21.6. The largest absolute Gasteiger partial charge is 0.303 e. The van der Waals surface area contributed by atoms with Gasteiger partial charge < -0.3 is 4.79 Å². The Morgan fingerprint density at radius 3 is 2.31 bits per heavy atom. The van der Waals surface area contributed by atoms with Crippen LogP contribution in [0.5, 0.6) is 0 Å². The lowest BCUT2D eigenvalue weighted by molar-refractivity contribution is -0.157. The summed E-state index contributed by atoms with van der Waals surface area (Å²) in [6.07, 6.45) is 16.8. The van der Waals surface area contributed by atoms with Crippen molar-refractivity contribution in [3.63, 3.8) is 0 Å². The summed E-state index contributed by atoms with van der Waals surface area (Å²) >= 11 is 0. The second-order valence-corrected chi connectivity index (χ2v) is 14.0. The number of carbonyl (C=O) groups is 2. The maximum absolute atomic E-state index is 12.8. The van der Waals surface area contributed by atoms with Gasteiger partial charge in [-0.1, -0.05) is 39.3 Å². The molecule has 2 nitrogen and oxygen atoms in total. The molecule has 0 aromatic carbocycles. The van der Waals surface area contributed by atoms with Crippen molar-refractivity contribution < 1.29 is 9.59 Å². The summed E-state index contributed by atoms with van der Waals surface area (Å²) in [7, 11) is 0. The van der Waals surface area contributed by atoms with E-state index in [1.807, 2.05) is 0 Å². The Morgan fingerprint density at radius 1 is 0.938 bits per heavy atom. The SMILES string of the molecule is CC(C)=CCC[C@@H](C=O)[C@H]1CC[C@@]2(C)[C@@H]3CC[C@@H]4C(C)(C)C(=O)CC[C@@]45C[C@@]35CC[C@]12C. The fraction of sp³-hybridized carbons (Fsp3) is 0.867. The second kappa shape index (κ2) is 7.05. The van der Waals surface area contributed by atoms with Crippen molar-refractivity contribution >= 4 is 12.1 Å². The first-order valence-electron chi connectivity index (χ1n) is 13.6. The molecule has 0 aromatic rings. The van der Waals surface area contributed by atoms with Crippen LogP contribution in [0.15, 0.2) is 11.6 Å². The Bertz CT molecular complexity index is 849. The highest BCUT2D eigenvalue weighted by Crippen LogP contribution is 2.88. The van der Waals surface area contributed by atoms with Crippen molar-refractivity contribution in [2.45, 2.75) is 112 Å². The van der Waals surface area contributed by atoms with Crippen LogP contribution in [0.1, 0.15) is 112 Å². The topological polar surface area (TPSA) is 34.1 Å². The molecule has 8 atom stereocenters. The maximum atomic E-state index is 12.8. The first-order valence-corrected chi connectivity index (χ1v) is 13.6. The average molecular weight is 439 g/mol. The highest BCUT2D eigenvalue weighted by atomic mass is 16.1. The van der Waals surface area contributed by atoms with Gasteiger partial charge in [0.1, 0.15) is 12.1 Å². The summed E-state index contributed by atoms with van der Waals surface area (Å²) in [6.45, 7) is 14.0. The first-order chi connectivity index (χ1) is 15.0. The average Bonchev–Trinajstić information content (AvgIpc) is 3.32. The smallest absolute Gasteiger partial charge is 0.138 e. The van der Waals surface area contributed by atoms with Gasteiger partial charge in [0.25, 0.3) is 0 Å². The van der Waals surface area contributed by atoms with Gasteiger partial charge in [0.2, 0.25) is 0 Å². The van der Waals surface area contributed by atoms with E-state index in [4.69, 9.17) is 0 Å². The molecule has 0 radical (unpaired) electrons. The van der Waals surface area contributed by atoms with Gasteiger partial charge in [-0.25, -0.2) is 0 Å².